The lowest BCUT2D eigenvalue weighted by molar-refractivity contribution is 0.0601. The first-order valence-corrected chi connectivity index (χ1v) is 13.9. The van der Waals surface area contributed by atoms with Crippen molar-refractivity contribution in [1.82, 2.24) is 19.5 Å². The summed E-state index contributed by atoms with van der Waals surface area (Å²) in [7, 11) is 0. The van der Waals surface area contributed by atoms with Gasteiger partial charge in [0.15, 0.2) is 5.78 Å². The van der Waals surface area contributed by atoms with E-state index in [4.69, 9.17) is 19.7 Å². The summed E-state index contributed by atoms with van der Waals surface area (Å²) in [6, 6.07) is 18.8. The monoisotopic (exact) mass is 504 g/mol. The number of nitrogens with zero attached hydrogens (tertiary/aromatic N) is 4. The molecule has 6 nitrogen and oxygen atoms in total. The predicted molar refractivity (Wildman–Crippen MR) is 147 cm³/mol. The molecule has 7 rings (SSSR count). The van der Waals surface area contributed by atoms with Gasteiger partial charge in [-0.3, -0.25) is 14.8 Å². The molecule has 1 aromatic carbocycles. The van der Waals surface area contributed by atoms with Gasteiger partial charge in [-0.15, -0.1) is 0 Å². The number of benzene rings is 1. The van der Waals surface area contributed by atoms with Crippen molar-refractivity contribution in [2.45, 2.75) is 57.4 Å². The van der Waals surface area contributed by atoms with Crippen molar-refractivity contribution in [3.8, 4) is 33.9 Å². The quantitative estimate of drug-likeness (QED) is 0.270. The van der Waals surface area contributed by atoms with Crippen LogP contribution in [0, 0.1) is 12.8 Å². The second-order valence-corrected chi connectivity index (χ2v) is 11.1. The van der Waals surface area contributed by atoms with Crippen LogP contribution in [0.1, 0.15) is 72.4 Å². The molecular weight excluding hydrogens is 472 g/mol. The maximum absolute atomic E-state index is 12.9. The van der Waals surface area contributed by atoms with Gasteiger partial charge >= 0.3 is 0 Å². The van der Waals surface area contributed by atoms with Crippen molar-refractivity contribution in [3.63, 3.8) is 0 Å². The SMILES string of the molecule is Cc1cccc(-c2nc3n(c2-c2ccnc(-c4ccc(C(=O)CC5CCOCC5)cc4)c2)[C@H]2CC[C@@H]3C2)n1. The molecule has 1 aliphatic carbocycles. The zero-order valence-corrected chi connectivity index (χ0v) is 21.8. The molecule has 5 heterocycles. The third kappa shape index (κ3) is 4.17. The summed E-state index contributed by atoms with van der Waals surface area (Å²) in [5.41, 5.74) is 7.82. The average molecular weight is 505 g/mol. The minimum atomic E-state index is 0.213. The van der Waals surface area contributed by atoms with Crippen molar-refractivity contribution < 1.29 is 9.53 Å². The smallest absolute Gasteiger partial charge is 0.163 e. The summed E-state index contributed by atoms with van der Waals surface area (Å²) >= 11 is 0. The molecule has 3 aliphatic rings. The Balaban J connectivity index is 1.22. The Morgan fingerprint density at radius 1 is 0.947 bits per heavy atom. The summed E-state index contributed by atoms with van der Waals surface area (Å²) in [6.07, 6.45) is 8.06. The fourth-order valence-corrected chi connectivity index (χ4v) is 6.56. The highest BCUT2D eigenvalue weighted by Gasteiger charge is 2.41. The molecule has 0 amide bonds. The van der Waals surface area contributed by atoms with Crippen molar-refractivity contribution >= 4 is 5.78 Å². The molecule has 1 saturated carbocycles. The van der Waals surface area contributed by atoms with E-state index in [0.29, 0.717) is 24.3 Å². The Morgan fingerprint density at radius 2 is 1.79 bits per heavy atom. The number of ketones is 1. The minimum Gasteiger partial charge on any atom is -0.381 e. The fraction of sp³-hybridized carbons (Fsp3) is 0.375. The lowest BCUT2D eigenvalue weighted by Gasteiger charge is -2.21. The van der Waals surface area contributed by atoms with Gasteiger partial charge in [0, 0.05) is 60.2 Å². The molecule has 38 heavy (non-hydrogen) atoms. The van der Waals surface area contributed by atoms with Gasteiger partial charge in [-0.25, -0.2) is 4.98 Å². The number of hydrogen-bond acceptors (Lipinski definition) is 5. The van der Waals surface area contributed by atoms with E-state index in [0.717, 1.165) is 71.2 Å². The van der Waals surface area contributed by atoms with Gasteiger partial charge < -0.3 is 9.30 Å². The zero-order chi connectivity index (χ0) is 25.6. The number of aromatic nitrogens is 4. The molecule has 4 aromatic rings. The fourth-order valence-electron chi connectivity index (χ4n) is 6.56. The number of imidazole rings is 1. The summed E-state index contributed by atoms with van der Waals surface area (Å²) in [5, 5.41) is 0. The number of Topliss-reactive ketones (excluding diaryl/α,β-unsaturated/α-hetero) is 1. The van der Waals surface area contributed by atoms with Crippen LogP contribution < -0.4 is 0 Å². The number of carbonyl (C=O) groups is 1. The van der Waals surface area contributed by atoms with Crippen molar-refractivity contribution in [1.29, 1.82) is 0 Å². The molecule has 0 unspecified atom stereocenters. The summed E-state index contributed by atoms with van der Waals surface area (Å²) < 4.78 is 7.91. The Hall–Kier alpha value is -3.64. The largest absolute Gasteiger partial charge is 0.381 e. The van der Waals surface area contributed by atoms with Crippen molar-refractivity contribution in [2.24, 2.45) is 5.92 Å². The lowest BCUT2D eigenvalue weighted by atomic mass is 9.91. The van der Waals surface area contributed by atoms with E-state index >= 15 is 0 Å². The highest BCUT2D eigenvalue weighted by atomic mass is 16.5. The van der Waals surface area contributed by atoms with Crippen LogP contribution >= 0.6 is 0 Å². The van der Waals surface area contributed by atoms with Gasteiger partial charge in [-0.05, 0) is 69.2 Å². The van der Waals surface area contributed by atoms with Crippen molar-refractivity contribution in [2.75, 3.05) is 13.2 Å². The molecule has 2 atom stereocenters. The highest BCUT2D eigenvalue weighted by Crippen LogP contribution is 2.52. The molecule has 0 N–H and O–H groups in total. The molecule has 3 aromatic heterocycles. The van der Waals surface area contributed by atoms with E-state index in [-0.39, 0.29) is 5.78 Å². The number of aryl methyl sites for hydroxylation is 1. The highest BCUT2D eigenvalue weighted by molar-refractivity contribution is 5.96. The van der Waals surface area contributed by atoms with E-state index in [9.17, 15) is 4.79 Å². The van der Waals surface area contributed by atoms with Crippen LogP contribution in [0.5, 0.6) is 0 Å². The Morgan fingerprint density at radius 3 is 2.61 bits per heavy atom. The molecule has 2 bridgehead atoms. The van der Waals surface area contributed by atoms with Crippen LogP contribution in [0.3, 0.4) is 0 Å². The zero-order valence-electron chi connectivity index (χ0n) is 21.8. The van der Waals surface area contributed by atoms with Crippen LogP contribution in [-0.2, 0) is 4.74 Å². The van der Waals surface area contributed by atoms with E-state index in [1.165, 1.54) is 25.1 Å². The number of rotatable bonds is 6. The molecule has 2 aliphatic heterocycles. The molecule has 0 radical (unpaired) electrons. The van der Waals surface area contributed by atoms with Gasteiger partial charge in [0.1, 0.15) is 11.5 Å². The van der Waals surface area contributed by atoms with E-state index < -0.39 is 0 Å². The molecule has 6 heteroatoms. The van der Waals surface area contributed by atoms with Gasteiger partial charge in [-0.1, -0.05) is 30.3 Å². The molecule has 1 saturated heterocycles. The first-order valence-electron chi connectivity index (χ1n) is 13.9. The standard InChI is InChI=1S/C32H32N4O2/c1-20-3-2-4-27(34-20)30-31(36-26-10-9-25(18-26)32(36)35-30)24-11-14-33-28(19-24)22-5-7-23(8-6-22)29(37)17-21-12-15-38-16-13-21/h2-8,11,14,19,21,25-26H,9-10,12-13,15-18H2,1H3/t25-,26+/m1/s1. The van der Waals surface area contributed by atoms with Crippen LogP contribution in [0.2, 0.25) is 0 Å². The average Bonchev–Trinajstić information content (AvgIpc) is 3.67. The Kier molecular flexibility index (Phi) is 5.92. The topological polar surface area (TPSA) is 69.9 Å². The van der Waals surface area contributed by atoms with E-state index in [1.54, 1.807) is 0 Å². The second kappa shape index (κ2) is 9.59. The van der Waals surface area contributed by atoms with Crippen LogP contribution in [-0.4, -0.2) is 38.5 Å². The van der Waals surface area contributed by atoms with E-state index in [1.807, 2.05) is 43.5 Å². The Labute approximate surface area is 223 Å². The number of hydrogen-bond donors (Lipinski definition) is 0. The van der Waals surface area contributed by atoms with Gasteiger partial charge in [0.25, 0.3) is 0 Å². The number of fused-ring (bicyclic) bond motifs is 5. The predicted octanol–water partition coefficient (Wildman–Crippen LogP) is 6.80. The number of pyridine rings is 2. The normalized spacial score (nSPS) is 20.6. The third-order valence-corrected chi connectivity index (χ3v) is 8.56. The summed E-state index contributed by atoms with van der Waals surface area (Å²) in [6.45, 7) is 3.56. The maximum atomic E-state index is 12.9. The Bertz CT molecular complexity index is 1500. The van der Waals surface area contributed by atoms with E-state index in [2.05, 4.69) is 28.8 Å². The third-order valence-electron chi connectivity index (χ3n) is 8.56. The van der Waals surface area contributed by atoms with Crippen molar-refractivity contribution in [3.05, 3.63) is 77.9 Å². The second-order valence-electron chi connectivity index (χ2n) is 11.1. The molecule has 0 spiro atoms. The van der Waals surface area contributed by atoms with Crippen LogP contribution in [0.4, 0.5) is 0 Å². The molecule has 2 fully saturated rings. The minimum absolute atomic E-state index is 0.213. The lowest BCUT2D eigenvalue weighted by Crippen LogP contribution is -2.18. The molecular formula is C32H32N4O2. The van der Waals surface area contributed by atoms with Crippen LogP contribution in [0.15, 0.2) is 60.8 Å². The van der Waals surface area contributed by atoms with Crippen LogP contribution in [0.25, 0.3) is 33.9 Å². The van der Waals surface area contributed by atoms with Gasteiger partial charge in [0.2, 0.25) is 0 Å². The summed E-state index contributed by atoms with van der Waals surface area (Å²) in [4.78, 5) is 27.6. The van der Waals surface area contributed by atoms with Gasteiger partial charge in [0.05, 0.1) is 17.1 Å². The first kappa shape index (κ1) is 23.5. The number of carbonyl (C=O) groups excluding carboxylic acids is 1. The number of ether oxygens (including phenoxy) is 1. The molecule has 192 valence electrons. The summed E-state index contributed by atoms with van der Waals surface area (Å²) in [5.74, 6) is 2.40. The first-order chi connectivity index (χ1) is 18.6. The van der Waals surface area contributed by atoms with Gasteiger partial charge in [-0.2, -0.15) is 0 Å². The maximum Gasteiger partial charge on any atom is 0.163 e.